The molecule has 17 heteroatoms. The number of hydrogen-bond acceptors (Lipinski definition) is 8. The minimum absolute atomic E-state index is 0.0232. The van der Waals surface area contributed by atoms with Crippen molar-refractivity contribution in [2.45, 2.75) is 69.0 Å². The zero-order valence-electron chi connectivity index (χ0n) is 20.6. The van der Waals surface area contributed by atoms with Crippen LogP contribution in [0.2, 0.25) is 0 Å². The van der Waals surface area contributed by atoms with Gasteiger partial charge in [0.05, 0.1) is 24.6 Å². The van der Waals surface area contributed by atoms with Crippen molar-refractivity contribution in [3.05, 3.63) is 35.4 Å². The number of rotatable bonds is 8. The molecular weight excluding hydrogens is 552 g/mol. The van der Waals surface area contributed by atoms with E-state index in [0.29, 0.717) is 5.92 Å². The molecule has 3 aromatic heterocycles. The fourth-order valence-corrected chi connectivity index (χ4v) is 5.34. The SMILES string of the molecule is O=C(NC12CCC1CC2)O[C@H]1CO[C@@H](c2cc(Nc3nc(C(F)F)cc4nc(COC(F)(F)F)cn34)n[nH]2)[C@H]1F. The molecule has 3 aromatic rings. The van der Waals surface area contributed by atoms with E-state index in [9.17, 15) is 26.7 Å². The molecule has 216 valence electrons. The van der Waals surface area contributed by atoms with Crippen molar-refractivity contribution in [3.8, 4) is 0 Å². The van der Waals surface area contributed by atoms with Crippen molar-refractivity contribution in [3.63, 3.8) is 0 Å². The molecule has 4 heterocycles. The van der Waals surface area contributed by atoms with Gasteiger partial charge in [0.25, 0.3) is 6.43 Å². The number of hydrogen-bond donors (Lipinski definition) is 3. The molecule has 0 bridgehead atoms. The standard InChI is InChI=1S/C23H23F6N7O4/c24-17-14(40-21(37)33-22-3-1-10(22)2-4-22)9-38-18(17)12-5-15(35-34-12)32-20-31-13(19(25)26)6-16-30-11(7-36(16)20)8-39-23(27,28)29/h5-7,10,14,17-19H,1-4,8-9H2,(H,33,37)(H2,31,32,34,35)/t10?,14-,17-,18-,22?/m0/s1. The second kappa shape index (κ2) is 9.79. The zero-order chi connectivity index (χ0) is 28.2. The third-order valence-corrected chi connectivity index (χ3v) is 7.63. The van der Waals surface area contributed by atoms with Crippen molar-refractivity contribution in [2.24, 2.45) is 5.92 Å². The summed E-state index contributed by atoms with van der Waals surface area (Å²) >= 11 is 0. The zero-order valence-corrected chi connectivity index (χ0v) is 20.6. The Bertz CT molecular complexity index is 1400. The monoisotopic (exact) mass is 575 g/mol. The lowest BCUT2D eigenvalue weighted by molar-refractivity contribution is -0.330. The van der Waals surface area contributed by atoms with Crippen molar-refractivity contribution >= 4 is 23.5 Å². The molecule has 1 amide bonds. The summed E-state index contributed by atoms with van der Waals surface area (Å²) in [5.74, 6) is 0.238. The Labute approximate surface area is 221 Å². The number of imidazole rings is 1. The second-order valence-electron chi connectivity index (χ2n) is 10.0. The topological polar surface area (TPSA) is 128 Å². The number of fused-ring (bicyclic) bond motifs is 2. The van der Waals surface area contributed by atoms with Gasteiger partial charge in [0.1, 0.15) is 17.4 Å². The summed E-state index contributed by atoms with van der Waals surface area (Å²) in [6.45, 7) is -1.13. The Morgan fingerprint density at radius 2 is 2.02 bits per heavy atom. The number of aromatic amines is 1. The van der Waals surface area contributed by atoms with Gasteiger partial charge in [-0.15, -0.1) is 13.2 Å². The number of alkyl halides is 6. The Hall–Kier alpha value is -3.60. The third kappa shape index (κ3) is 5.02. The Kier molecular flexibility index (Phi) is 6.52. The third-order valence-electron chi connectivity index (χ3n) is 7.63. The van der Waals surface area contributed by atoms with Crippen LogP contribution in [0, 0.1) is 5.92 Å². The number of anilines is 2. The first-order valence-corrected chi connectivity index (χ1v) is 12.4. The fraction of sp³-hybridized carbons (Fsp3) is 0.565. The first-order valence-electron chi connectivity index (χ1n) is 12.4. The predicted molar refractivity (Wildman–Crippen MR) is 122 cm³/mol. The van der Waals surface area contributed by atoms with Crippen molar-refractivity contribution in [1.82, 2.24) is 29.9 Å². The van der Waals surface area contributed by atoms with Gasteiger partial charge in [0, 0.05) is 23.9 Å². The van der Waals surface area contributed by atoms with Crippen molar-refractivity contribution < 1.29 is 45.3 Å². The average Bonchev–Trinajstić information content (AvgIpc) is 3.60. The van der Waals surface area contributed by atoms with Gasteiger partial charge >= 0.3 is 12.5 Å². The fourth-order valence-electron chi connectivity index (χ4n) is 5.34. The quantitative estimate of drug-likeness (QED) is 0.332. The number of nitrogens with zero attached hydrogens (tertiary/aromatic N) is 4. The normalized spacial score (nSPS) is 27.8. The maximum Gasteiger partial charge on any atom is 0.522 e. The van der Waals surface area contributed by atoms with Crippen LogP contribution in [-0.4, -0.2) is 61.4 Å². The summed E-state index contributed by atoms with van der Waals surface area (Å²) in [6.07, 6.45) is -7.61. The number of nitrogens with one attached hydrogen (secondary N) is 3. The molecule has 0 unspecified atom stereocenters. The molecule has 2 aliphatic carbocycles. The highest BCUT2D eigenvalue weighted by Gasteiger charge is 2.55. The molecule has 1 aliphatic heterocycles. The predicted octanol–water partition coefficient (Wildman–Crippen LogP) is 4.62. The highest BCUT2D eigenvalue weighted by atomic mass is 19.4. The highest BCUT2D eigenvalue weighted by molar-refractivity contribution is 5.69. The van der Waals surface area contributed by atoms with Crippen LogP contribution in [0.3, 0.4) is 0 Å². The molecule has 40 heavy (non-hydrogen) atoms. The lowest BCUT2D eigenvalue weighted by atomic mass is 9.53. The minimum atomic E-state index is -4.91. The van der Waals surface area contributed by atoms with Crippen LogP contribution >= 0.6 is 0 Å². The summed E-state index contributed by atoms with van der Waals surface area (Å²) in [5, 5.41) is 12.1. The van der Waals surface area contributed by atoms with Gasteiger partial charge in [-0.25, -0.2) is 27.9 Å². The van der Waals surface area contributed by atoms with Gasteiger partial charge < -0.3 is 20.1 Å². The van der Waals surface area contributed by atoms with E-state index in [1.165, 1.54) is 6.07 Å². The first kappa shape index (κ1) is 26.6. The number of carbonyl (C=O) groups is 1. The molecule has 11 nitrogen and oxygen atoms in total. The van der Waals surface area contributed by atoms with Crippen LogP contribution in [0.4, 0.5) is 42.9 Å². The number of H-pyrrole nitrogens is 1. The Morgan fingerprint density at radius 1 is 1.25 bits per heavy atom. The number of carbonyl (C=O) groups excluding carboxylic acids is 1. The first-order chi connectivity index (χ1) is 19.0. The number of amides is 1. The van der Waals surface area contributed by atoms with E-state index >= 15 is 4.39 Å². The van der Waals surface area contributed by atoms with Crippen LogP contribution in [-0.2, 0) is 20.8 Å². The van der Waals surface area contributed by atoms with Gasteiger partial charge in [-0.3, -0.25) is 14.2 Å². The summed E-state index contributed by atoms with van der Waals surface area (Å²) in [4.78, 5) is 20.0. The van der Waals surface area contributed by atoms with E-state index in [1.54, 1.807) is 0 Å². The Balaban J connectivity index is 1.14. The average molecular weight is 575 g/mol. The summed E-state index contributed by atoms with van der Waals surface area (Å²) in [7, 11) is 0. The van der Waals surface area contributed by atoms with Gasteiger partial charge in [-0.2, -0.15) is 5.10 Å². The van der Waals surface area contributed by atoms with E-state index in [2.05, 4.69) is 35.5 Å². The van der Waals surface area contributed by atoms with Crippen molar-refractivity contribution in [2.75, 3.05) is 11.9 Å². The largest absolute Gasteiger partial charge is 0.522 e. The molecule has 3 N–H and O–H groups in total. The molecule has 6 rings (SSSR count). The molecule has 3 atom stereocenters. The second-order valence-corrected chi connectivity index (χ2v) is 10.0. The molecule has 0 aromatic carbocycles. The molecule has 0 radical (unpaired) electrons. The van der Waals surface area contributed by atoms with E-state index in [1.807, 2.05) is 0 Å². The van der Waals surface area contributed by atoms with Gasteiger partial charge in [0.15, 0.2) is 18.1 Å². The van der Waals surface area contributed by atoms with Crippen LogP contribution in [0.25, 0.3) is 5.65 Å². The van der Waals surface area contributed by atoms with Crippen LogP contribution in [0.15, 0.2) is 18.3 Å². The lowest BCUT2D eigenvalue weighted by Gasteiger charge is -2.58. The summed E-state index contributed by atoms with van der Waals surface area (Å²) in [6, 6.07) is 2.27. The molecule has 3 fully saturated rings. The smallest absolute Gasteiger partial charge is 0.441 e. The van der Waals surface area contributed by atoms with Gasteiger partial charge in [-0.05, 0) is 31.6 Å². The molecule has 0 spiro atoms. The number of halogens is 6. The number of aromatic nitrogens is 5. The molecule has 3 aliphatic rings. The van der Waals surface area contributed by atoms with Gasteiger partial charge in [0.2, 0.25) is 5.95 Å². The van der Waals surface area contributed by atoms with E-state index in [0.717, 1.165) is 42.3 Å². The number of alkyl carbamates (subject to hydrolysis) is 1. The van der Waals surface area contributed by atoms with Crippen LogP contribution < -0.4 is 10.6 Å². The van der Waals surface area contributed by atoms with E-state index in [4.69, 9.17) is 9.47 Å². The number of ether oxygens (including phenoxy) is 3. The minimum Gasteiger partial charge on any atom is -0.441 e. The maximum atomic E-state index is 15.2. The highest BCUT2D eigenvalue weighted by Crippen LogP contribution is 2.53. The summed E-state index contributed by atoms with van der Waals surface area (Å²) in [5.41, 5.74) is -1.04. The van der Waals surface area contributed by atoms with Crippen LogP contribution in [0.1, 0.15) is 55.3 Å². The Morgan fingerprint density at radius 3 is 2.67 bits per heavy atom. The van der Waals surface area contributed by atoms with Gasteiger partial charge in [-0.1, -0.05) is 0 Å². The van der Waals surface area contributed by atoms with E-state index in [-0.39, 0.29) is 40.9 Å². The molecule has 1 saturated heterocycles. The van der Waals surface area contributed by atoms with Crippen LogP contribution in [0.5, 0.6) is 0 Å². The maximum absolute atomic E-state index is 15.2. The molecular formula is C23H23F6N7O4. The van der Waals surface area contributed by atoms with Crippen molar-refractivity contribution in [1.29, 1.82) is 0 Å². The summed E-state index contributed by atoms with van der Waals surface area (Å²) < 4.78 is 95.0. The lowest BCUT2D eigenvalue weighted by Crippen LogP contribution is -2.66. The van der Waals surface area contributed by atoms with E-state index < -0.39 is 49.6 Å². The molecule has 2 saturated carbocycles.